The van der Waals surface area contributed by atoms with Crippen LogP contribution in [0, 0.1) is 11.3 Å². The van der Waals surface area contributed by atoms with E-state index in [1.165, 1.54) is 0 Å². The summed E-state index contributed by atoms with van der Waals surface area (Å²) in [6, 6.07) is 16.2. The lowest BCUT2D eigenvalue weighted by Crippen LogP contribution is -2.32. The third kappa shape index (κ3) is 5.15. The molecular formula is C23H23N5O3. The molecule has 1 amide bonds. The minimum Gasteiger partial charge on any atom is -0.509 e. The lowest BCUT2D eigenvalue weighted by Gasteiger charge is -2.17. The Hall–Kier alpha value is -3.96. The van der Waals surface area contributed by atoms with E-state index in [1.807, 2.05) is 37.3 Å². The Morgan fingerprint density at radius 2 is 1.90 bits per heavy atom. The second-order valence-corrected chi connectivity index (χ2v) is 7.10. The van der Waals surface area contributed by atoms with Gasteiger partial charge in [0.05, 0.1) is 24.0 Å². The Kier molecular flexibility index (Phi) is 6.80. The van der Waals surface area contributed by atoms with Gasteiger partial charge in [0.2, 0.25) is 5.91 Å². The molecular weight excluding hydrogens is 394 g/mol. The number of H-pyrrole nitrogens is 1. The van der Waals surface area contributed by atoms with E-state index >= 15 is 0 Å². The van der Waals surface area contributed by atoms with Gasteiger partial charge in [-0.1, -0.05) is 37.3 Å². The summed E-state index contributed by atoms with van der Waals surface area (Å²) in [4.78, 5) is 33.0. The number of hydrogen-bond acceptors (Lipinski definition) is 6. The standard InChI is InChI=1S/C23H23N5O3/c1-3-15-8-4-6-10-18(15)25-21(30)14-28(2)13-20(29)17(12-24)22-26-19-11-7-5-9-16(19)23(31)27-22/h4-11,29H,3,13-14H2,1-2H3,(H,25,30)(H,26,27,31). The molecule has 0 bridgehead atoms. The average Bonchev–Trinajstić information content (AvgIpc) is 2.74. The van der Waals surface area contributed by atoms with Crippen molar-refractivity contribution in [3.63, 3.8) is 0 Å². The Balaban J connectivity index is 1.75. The van der Waals surface area contributed by atoms with Crippen molar-refractivity contribution in [1.82, 2.24) is 14.9 Å². The van der Waals surface area contributed by atoms with E-state index in [2.05, 4.69) is 15.3 Å². The molecule has 0 aliphatic rings. The van der Waals surface area contributed by atoms with Gasteiger partial charge in [-0.25, -0.2) is 4.98 Å². The predicted molar refractivity (Wildman–Crippen MR) is 119 cm³/mol. The number of aliphatic hydroxyl groups excluding tert-OH is 1. The van der Waals surface area contributed by atoms with Gasteiger partial charge in [0.1, 0.15) is 17.4 Å². The van der Waals surface area contributed by atoms with Gasteiger partial charge in [0, 0.05) is 5.69 Å². The zero-order valence-electron chi connectivity index (χ0n) is 17.3. The number of hydrogen-bond donors (Lipinski definition) is 3. The number of rotatable bonds is 7. The first-order chi connectivity index (χ1) is 14.9. The predicted octanol–water partition coefficient (Wildman–Crippen LogP) is 2.85. The third-order valence-electron chi connectivity index (χ3n) is 4.76. The van der Waals surface area contributed by atoms with Crippen molar-refractivity contribution in [2.24, 2.45) is 0 Å². The number of nitriles is 1. The fourth-order valence-corrected chi connectivity index (χ4v) is 3.24. The van der Waals surface area contributed by atoms with Gasteiger partial charge in [0.15, 0.2) is 5.82 Å². The SMILES string of the molecule is CCc1ccccc1NC(=O)CN(C)CC(O)=C(C#N)c1nc2ccccc2c(=O)[nH]1. The molecule has 158 valence electrons. The molecule has 3 aromatic rings. The molecule has 2 aromatic carbocycles. The first-order valence-electron chi connectivity index (χ1n) is 9.80. The van der Waals surface area contributed by atoms with Crippen molar-refractivity contribution in [3.8, 4) is 6.07 Å². The number of nitrogens with one attached hydrogen (secondary N) is 2. The van der Waals surface area contributed by atoms with Crippen molar-refractivity contribution in [1.29, 1.82) is 5.26 Å². The zero-order valence-corrected chi connectivity index (χ0v) is 17.3. The number of carbonyl (C=O) groups is 1. The number of benzene rings is 2. The summed E-state index contributed by atoms with van der Waals surface area (Å²) in [6.07, 6.45) is 0.790. The van der Waals surface area contributed by atoms with Crippen molar-refractivity contribution in [3.05, 3.63) is 76.0 Å². The molecule has 0 saturated heterocycles. The molecule has 0 spiro atoms. The fraction of sp³-hybridized carbons (Fsp3) is 0.217. The summed E-state index contributed by atoms with van der Waals surface area (Å²) >= 11 is 0. The van der Waals surface area contributed by atoms with Crippen LogP contribution in [0.2, 0.25) is 0 Å². The van der Waals surface area contributed by atoms with Crippen LogP contribution in [0.3, 0.4) is 0 Å². The van der Waals surface area contributed by atoms with Crippen LogP contribution >= 0.6 is 0 Å². The fourth-order valence-electron chi connectivity index (χ4n) is 3.24. The van der Waals surface area contributed by atoms with Crippen molar-refractivity contribution < 1.29 is 9.90 Å². The number of fused-ring (bicyclic) bond motifs is 1. The molecule has 0 aliphatic carbocycles. The molecule has 0 radical (unpaired) electrons. The molecule has 0 fully saturated rings. The van der Waals surface area contributed by atoms with Crippen LogP contribution < -0.4 is 10.9 Å². The molecule has 3 N–H and O–H groups in total. The monoisotopic (exact) mass is 417 g/mol. The topological polar surface area (TPSA) is 122 Å². The maximum atomic E-state index is 12.4. The summed E-state index contributed by atoms with van der Waals surface area (Å²) in [6.45, 7) is 1.94. The zero-order chi connectivity index (χ0) is 22.4. The highest BCUT2D eigenvalue weighted by atomic mass is 16.3. The summed E-state index contributed by atoms with van der Waals surface area (Å²) in [7, 11) is 1.65. The first kappa shape index (κ1) is 21.7. The smallest absolute Gasteiger partial charge is 0.259 e. The van der Waals surface area contributed by atoms with Crippen molar-refractivity contribution >= 4 is 28.1 Å². The number of aryl methyl sites for hydroxylation is 1. The van der Waals surface area contributed by atoms with Crippen LogP contribution in [0.1, 0.15) is 18.3 Å². The first-order valence-corrected chi connectivity index (χ1v) is 9.80. The maximum Gasteiger partial charge on any atom is 0.259 e. The van der Waals surface area contributed by atoms with Crippen LogP contribution in [0.15, 0.2) is 59.1 Å². The molecule has 0 aliphatic heterocycles. The van der Waals surface area contributed by atoms with Crippen LogP contribution in [-0.4, -0.2) is 46.0 Å². The number of aromatic amines is 1. The highest BCUT2D eigenvalue weighted by Crippen LogP contribution is 2.17. The Labute approximate surface area is 179 Å². The number of para-hydroxylation sites is 2. The Bertz CT molecular complexity index is 1240. The highest BCUT2D eigenvalue weighted by molar-refractivity contribution is 5.93. The second kappa shape index (κ2) is 9.69. The van der Waals surface area contributed by atoms with E-state index in [0.29, 0.717) is 10.9 Å². The van der Waals surface area contributed by atoms with E-state index < -0.39 is 5.56 Å². The molecule has 0 unspecified atom stereocenters. The molecule has 8 nitrogen and oxygen atoms in total. The van der Waals surface area contributed by atoms with Crippen LogP contribution in [-0.2, 0) is 11.2 Å². The van der Waals surface area contributed by atoms with Gasteiger partial charge >= 0.3 is 0 Å². The molecule has 0 saturated carbocycles. The van der Waals surface area contributed by atoms with Gasteiger partial charge in [-0.3, -0.25) is 14.5 Å². The van der Waals surface area contributed by atoms with Crippen LogP contribution in [0.25, 0.3) is 16.5 Å². The average molecular weight is 417 g/mol. The lowest BCUT2D eigenvalue weighted by atomic mass is 10.1. The van der Waals surface area contributed by atoms with E-state index in [9.17, 15) is 20.0 Å². The van der Waals surface area contributed by atoms with Gasteiger partial charge in [-0.2, -0.15) is 5.26 Å². The van der Waals surface area contributed by atoms with Gasteiger partial charge in [-0.05, 0) is 37.2 Å². The second-order valence-electron chi connectivity index (χ2n) is 7.10. The largest absolute Gasteiger partial charge is 0.509 e. The van der Waals surface area contributed by atoms with Gasteiger partial charge < -0.3 is 15.4 Å². The number of likely N-dealkylation sites (N-methyl/N-ethyl adjacent to an activating group) is 1. The third-order valence-corrected chi connectivity index (χ3v) is 4.76. The van der Waals surface area contributed by atoms with Gasteiger partial charge in [0.25, 0.3) is 5.56 Å². The minimum atomic E-state index is -0.400. The number of anilines is 1. The molecule has 3 rings (SSSR count). The van der Waals surface area contributed by atoms with Crippen LogP contribution in [0.4, 0.5) is 5.69 Å². The molecule has 31 heavy (non-hydrogen) atoms. The number of nitrogens with zero attached hydrogens (tertiary/aromatic N) is 3. The summed E-state index contributed by atoms with van der Waals surface area (Å²) in [5.41, 5.74) is 1.65. The minimum absolute atomic E-state index is 0.00247. The summed E-state index contributed by atoms with van der Waals surface area (Å²) in [5.74, 6) is -0.546. The van der Waals surface area contributed by atoms with E-state index in [4.69, 9.17) is 0 Å². The number of aliphatic hydroxyl groups is 1. The van der Waals surface area contributed by atoms with Crippen LogP contribution in [0.5, 0.6) is 0 Å². The van der Waals surface area contributed by atoms with E-state index in [-0.39, 0.29) is 36.2 Å². The number of allylic oxidation sites excluding steroid dienone is 1. The number of carbonyl (C=O) groups excluding carboxylic acids is 1. The van der Waals surface area contributed by atoms with E-state index in [0.717, 1.165) is 17.7 Å². The van der Waals surface area contributed by atoms with Crippen molar-refractivity contribution in [2.75, 3.05) is 25.5 Å². The van der Waals surface area contributed by atoms with E-state index in [1.54, 1.807) is 36.2 Å². The van der Waals surface area contributed by atoms with Gasteiger partial charge in [-0.15, -0.1) is 0 Å². The molecule has 8 heteroatoms. The lowest BCUT2D eigenvalue weighted by molar-refractivity contribution is -0.117. The van der Waals surface area contributed by atoms with Crippen molar-refractivity contribution in [2.45, 2.75) is 13.3 Å². The maximum absolute atomic E-state index is 12.4. The quantitative estimate of drug-likeness (QED) is 0.401. The number of amides is 1. The molecule has 1 heterocycles. The molecule has 0 atom stereocenters. The highest BCUT2D eigenvalue weighted by Gasteiger charge is 2.16. The summed E-state index contributed by atoms with van der Waals surface area (Å²) < 4.78 is 0. The Morgan fingerprint density at radius 1 is 1.19 bits per heavy atom. The number of aromatic nitrogens is 2. The summed E-state index contributed by atoms with van der Waals surface area (Å²) in [5, 5.41) is 23.3. The normalized spacial score (nSPS) is 11.8. The molecule has 1 aromatic heterocycles. The Morgan fingerprint density at radius 3 is 2.65 bits per heavy atom.